The maximum absolute atomic E-state index is 13.2. The zero-order valence-electron chi connectivity index (χ0n) is 11.2. The Labute approximate surface area is 117 Å². The number of hydrogen-bond acceptors (Lipinski definition) is 3. The molecule has 1 N–H and O–H groups in total. The minimum Gasteiger partial charge on any atom is -0.358 e. The lowest BCUT2D eigenvalue weighted by Crippen LogP contribution is -2.31. The molecule has 0 aliphatic heterocycles. The van der Waals surface area contributed by atoms with Crippen molar-refractivity contribution >= 4 is 26.7 Å². The van der Waals surface area contributed by atoms with E-state index in [0.29, 0.717) is 6.04 Å². The van der Waals surface area contributed by atoms with Crippen LogP contribution in [-0.4, -0.2) is 11.0 Å². The van der Waals surface area contributed by atoms with Gasteiger partial charge in [-0.05, 0) is 37.0 Å². The lowest BCUT2D eigenvalue weighted by Gasteiger charge is -2.31. The molecule has 1 fully saturated rings. The van der Waals surface area contributed by atoms with Gasteiger partial charge in [0.05, 0.1) is 10.2 Å². The second kappa shape index (κ2) is 5.45. The zero-order chi connectivity index (χ0) is 13.2. The lowest BCUT2D eigenvalue weighted by molar-refractivity contribution is 0.317. The van der Waals surface area contributed by atoms with Crippen LogP contribution in [0, 0.1) is 11.7 Å². The highest BCUT2D eigenvalue weighted by Crippen LogP contribution is 2.32. The first-order valence-electron chi connectivity index (χ1n) is 7.09. The Morgan fingerprint density at radius 2 is 2.21 bits per heavy atom. The molecule has 0 saturated heterocycles. The third-order valence-corrected chi connectivity index (χ3v) is 5.04. The van der Waals surface area contributed by atoms with E-state index in [-0.39, 0.29) is 5.82 Å². The fourth-order valence-corrected chi connectivity index (χ4v) is 3.96. The molecule has 0 bridgehead atoms. The van der Waals surface area contributed by atoms with E-state index in [4.69, 9.17) is 0 Å². The molecule has 102 valence electrons. The molecule has 1 aromatic carbocycles. The first-order chi connectivity index (χ1) is 9.26. The van der Waals surface area contributed by atoms with Gasteiger partial charge in [0.2, 0.25) is 0 Å². The molecule has 1 aliphatic carbocycles. The van der Waals surface area contributed by atoms with Crippen molar-refractivity contribution in [3.05, 3.63) is 24.0 Å². The largest absolute Gasteiger partial charge is 0.358 e. The van der Waals surface area contributed by atoms with Gasteiger partial charge in [-0.15, -0.1) is 0 Å². The Hall–Kier alpha value is -1.16. The minimum absolute atomic E-state index is 0.188. The van der Waals surface area contributed by atoms with Gasteiger partial charge in [-0.25, -0.2) is 9.37 Å². The molecular formula is C15H19FN2S. The van der Waals surface area contributed by atoms with Crippen LogP contribution in [0.5, 0.6) is 0 Å². The summed E-state index contributed by atoms with van der Waals surface area (Å²) >= 11 is 1.56. The van der Waals surface area contributed by atoms with Crippen molar-refractivity contribution in [2.45, 2.75) is 45.1 Å². The van der Waals surface area contributed by atoms with E-state index in [2.05, 4.69) is 17.2 Å². The van der Waals surface area contributed by atoms with E-state index in [0.717, 1.165) is 21.3 Å². The van der Waals surface area contributed by atoms with Gasteiger partial charge in [-0.2, -0.15) is 0 Å². The smallest absolute Gasteiger partial charge is 0.184 e. The highest BCUT2D eigenvalue weighted by molar-refractivity contribution is 7.22. The van der Waals surface area contributed by atoms with Gasteiger partial charge in [0.15, 0.2) is 5.13 Å². The van der Waals surface area contributed by atoms with Crippen LogP contribution in [-0.2, 0) is 0 Å². The average molecular weight is 278 g/mol. The van der Waals surface area contributed by atoms with Crippen LogP contribution in [0.1, 0.15) is 39.0 Å². The van der Waals surface area contributed by atoms with Crippen molar-refractivity contribution in [1.29, 1.82) is 0 Å². The summed E-state index contributed by atoms with van der Waals surface area (Å²) < 4.78 is 14.1. The number of anilines is 1. The van der Waals surface area contributed by atoms with Crippen molar-refractivity contribution in [1.82, 2.24) is 4.98 Å². The summed E-state index contributed by atoms with van der Waals surface area (Å²) in [5.41, 5.74) is 0.887. The topological polar surface area (TPSA) is 24.9 Å². The molecule has 4 heteroatoms. The maximum atomic E-state index is 13.2. The van der Waals surface area contributed by atoms with E-state index in [9.17, 15) is 4.39 Å². The molecule has 1 heterocycles. The summed E-state index contributed by atoms with van der Waals surface area (Å²) in [6, 6.07) is 5.33. The van der Waals surface area contributed by atoms with Gasteiger partial charge in [0, 0.05) is 6.04 Å². The Morgan fingerprint density at radius 1 is 1.37 bits per heavy atom. The summed E-state index contributed by atoms with van der Waals surface area (Å²) in [6.45, 7) is 2.26. The van der Waals surface area contributed by atoms with Gasteiger partial charge in [0.25, 0.3) is 0 Å². The Bertz CT molecular complexity index is 566. The predicted molar refractivity (Wildman–Crippen MR) is 79.2 cm³/mol. The fraction of sp³-hybridized carbons (Fsp3) is 0.533. The summed E-state index contributed by atoms with van der Waals surface area (Å²) in [5, 5.41) is 4.51. The number of halogens is 1. The quantitative estimate of drug-likeness (QED) is 0.871. The van der Waals surface area contributed by atoms with Crippen molar-refractivity contribution in [2.24, 2.45) is 5.92 Å². The van der Waals surface area contributed by atoms with Crippen LogP contribution in [0.4, 0.5) is 9.52 Å². The maximum Gasteiger partial charge on any atom is 0.184 e. The molecule has 0 radical (unpaired) electrons. The zero-order valence-corrected chi connectivity index (χ0v) is 12.0. The van der Waals surface area contributed by atoms with Crippen molar-refractivity contribution in [3.8, 4) is 0 Å². The molecule has 2 nitrogen and oxygen atoms in total. The van der Waals surface area contributed by atoms with E-state index in [1.165, 1.54) is 38.2 Å². The fourth-order valence-electron chi connectivity index (χ4n) is 3.01. The Morgan fingerprint density at radius 3 is 3.05 bits per heavy atom. The summed E-state index contributed by atoms with van der Waals surface area (Å²) in [5.74, 6) is 0.560. The monoisotopic (exact) mass is 278 g/mol. The molecule has 0 spiro atoms. The van der Waals surface area contributed by atoms with E-state index < -0.39 is 0 Å². The molecule has 2 atom stereocenters. The SMILES string of the molecule is CCC1CCCCC1Nc1nc2ccc(F)cc2s1. The van der Waals surface area contributed by atoms with Crippen molar-refractivity contribution in [2.75, 3.05) is 5.32 Å². The van der Waals surface area contributed by atoms with Crippen molar-refractivity contribution in [3.63, 3.8) is 0 Å². The van der Waals surface area contributed by atoms with E-state index in [1.54, 1.807) is 23.5 Å². The number of rotatable bonds is 3. The number of fused-ring (bicyclic) bond motifs is 1. The van der Waals surface area contributed by atoms with Gasteiger partial charge in [-0.1, -0.05) is 37.5 Å². The molecule has 0 amide bonds. The third kappa shape index (κ3) is 2.73. The first-order valence-corrected chi connectivity index (χ1v) is 7.90. The van der Waals surface area contributed by atoms with E-state index >= 15 is 0 Å². The normalized spacial score (nSPS) is 23.7. The van der Waals surface area contributed by atoms with Crippen LogP contribution in [0.15, 0.2) is 18.2 Å². The molecule has 1 aliphatic rings. The number of benzene rings is 1. The number of aromatic nitrogens is 1. The summed E-state index contributed by atoms with van der Waals surface area (Å²) in [4.78, 5) is 4.56. The van der Waals surface area contributed by atoms with Crippen LogP contribution in [0.3, 0.4) is 0 Å². The molecule has 2 aromatic rings. The third-order valence-electron chi connectivity index (χ3n) is 4.09. The summed E-state index contributed by atoms with van der Waals surface area (Å²) in [7, 11) is 0. The second-order valence-electron chi connectivity index (χ2n) is 5.33. The number of hydrogen-bond donors (Lipinski definition) is 1. The summed E-state index contributed by atoms with van der Waals surface area (Å²) in [6.07, 6.45) is 6.41. The van der Waals surface area contributed by atoms with Gasteiger partial charge in [-0.3, -0.25) is 0 Å². The molecule has 3 rings (SSSR count). The Balaban J connectivity index is 1.80. The highest BCUT2D eigenvalue weighted by Gasteiger charge is 2.24. The highest BCUT2D eigenvalue weighted by atomic mass is 32.1. The molecule has 2 unspecified atom stereocenters. The molecule has 1 aromatic heterocycles. The molecule has 19 heavy (non-hydrogen) atoms. The molecular weight excluding hydrogens is 259 g/mol. The van der Waals surface area contributed by atoms with Crippen LogP contribution in [0.25, 0.3) is 10.2 Å². The van der Waals surface area contributed by atoms with Gasteiger partial charge >= 0.3 is 0 Å². The van der Waals surface area contributed by atoms with E-state index in [1.807, 2.05) is 0 Å². The van der Waals surface area contributed by atoms with Gasteiger partial charge in [0.1, 0.15) is 5.82 Å². The Kier molecular flexibility index (Phi) is 3.69. The number of nitrogens with zero attached hydrogens (tertiary/aromatic N) is 1. The average Bonchev–Trinajstić information content (AvgIpc) is 2.80. The second-order valence-corrected chi connectivity index (χ2v) is 6.37. The first kappa shape index (κ1) is 12.9. The standard InChI is InChI=1S/C15H19FN2S/c1-2-10-5-3-4-6-12(10)17-15-18-13-8-7-11(16)9-14(13)19-15/h7-10,12H,2-6H2,1H3,(H,17,18). The van der Waals surface area contributed by atoms with Crippen molar-refractivity contribution < 1.29 is 4.39 Å². The van der Waals surface area contributed by atoms with Crippen LogP contribution in [0.2, 0.25) is 0 Å². The van der Waals surface area contributed by atoms with Crippen LogP contribution >= 0.6 is 11.3 Å². The lowest BCUT2D eigenvalue weighted by atomic mass is 9.83. The van der Waals surface area contributed by atoms with Crippen LogP contribution < -0.4 is 5.32 Å². The predicted octanol–water partition coefficient (Wildman–Crippen LogP) is 4.82. The number of thiazole rings is 1. The molecule has 1 saturated carbocycles. The number of nitrogens with one attached hydrogen (secondary N) is 1. The van der Waals surface area contributed by atoms with Gasteiger partial charge < -0.3 is 5.32 Å². The minimum atomic E-state index is -0.188.